The zero-order valence-electron chi connectivity index (χ0n) is 12.1. The van der Waals surface area contributed by atoms with Gasteiger partial charge in [0.2, 0.25) is 0 Å². The molecule has 0 bridgehead atoms. The average Bonchev–Trinajstić information content (AvgIpc) is 2.51. The van der Waals surface area contributed by atoms with Crippen molar-refractivity contribution in [3.8, 4) is 5.75 Å². The number of aliphatic hydroxyl groups excluding tert-OH is 4. The maximum absolute atomic E-state index is 10.2. The molecule has 1 aromatic rings. The number of aromatic hydroxyl groups is 1. The summed E-state index contributed by atoms with van der Waals surface area (Å²) in [5.74, 6) is 0.0579. The lowest BCUT2D eigenvalue weighted by atomic mass is 10.0. The van der Waals surface area contributed by atoms with Crippen LogP contribution in [0.15, 0.2) is 12.1 Å². The Hall–Kier alpha value is -1.22. The second-order valence-corrected chi connectivity index (χ2v) is 4.77. The molecular weight excluding hydrogens is 276 g/mol. The lowest BCUT2D eigenvalue weighted by molar-refractivity contribution is 0.0658. The first-order valence-corrected chi connectivity index (χ1v) is 6.90. The van der Waals surface area contributed by atoms with Crippen molar-refractivity contribution in [3.05, 3.63) is 28.8 Å². The maximum Gasteiger partial charge on any atom is 0.128 e. The summed E-state index contributed by atoms with van der Waals surface area (Å²) in [6, 6.07) is 3.64. The topological polar surface area (TPSA) is 125 Å². The largest absolute Gasteiger partial charge is 0.507 e. The molecular formula is C14H24N2O5. The Labute approximate surface area is 123 Å². The van der Waals surface area contributed by atoms with Crippen LogP contribution in [0.25, 0.3) is 0 Å². The van der Waals surface area contributed by atoms with Crippen molar-refractivity contribution in [2.75, 3.05) is 13.2 Å². The van der Waals surface area contributed by atoms with E-state index in [1.807, 2.05) is 19.1 Å². The van der Waals surface area contributed by atoms with E-state index in [0.29, 0.717) is 11.1 Å². The number of hydrogen-bond donors (Lipinski definition) is 7. The van der Waals surface area contributed by atoms with Gasteiger partial charge < -0.3 is 25.5 Å². The maximum atomic E-state index is 10.2. The van der Waals surface area contributed by atoms with Gasteiger partial charge in [0.15, 0.2) is 0 Å². The minimum atomic E-state index is -1.05. The molecule has 0 spiro atoms. The fourth-order valence-corrected chi connectivity index (χ4v) is 1.89. The Morgan fingerprint density at radius 3 is 1.71 bits per heavy atom. The molecule has 2 atom stereocenters. The van der Waals surface area contributed by atoms with Gasteiger partial charge in [-0.1, -0.05) is 19.1 Å². The van der Waals surface area contributed by atoms with E-state index in [1.54, 1.807) is 0 Å². The molecule has 0 saturated heterocycles. The Balaban J connectivity index is 2.86. The van der Waals surface area contributed by atoms with Crippen molar-refractivity contribution in [2.45, 2.75) is 38.9 Å². The number of phenols is 1. The van der Waals surface area contributed by atoms with Crippen molar-refractivity contribution in [1.82, 2.24) is 10.6 Å². The van der Waals surface area contributed by atoms with E-state index in [-0.39, 0.29) is 18.8 Å². The molecule has 7 N–H and O–H groups in total. The van der Waals surface area contributed by atoms with E-state index in [2.05, 4.69) is 10.6 Å². The second-order valence-electron chi connectivity index (χ2n) is 4.77. The lowest BCUT2D eigenvalue weighted by Gasteiger charge is -2.16. The first-order valence-electron chi connectivity index (χ1n) is 6.90. The molecule has 0 radical (unpaired) electrons. The summed E-state index contributed by atoms with van der Waals surface area (Å²) < 4.78 is 0. The van der Waals surface area contributed by atoms with Crippen LogP contribution in [0.3, 0.4) is 0 Å². The summed E-state index contributed by atoms with van der Waals surface area (Å²) in [5, 5.41) is 51.7. The predicted molar refractivity (Wildman–Crippen MR) is 77.3 cm³/mol. The first-order chi connectivity index (χ1) is 10.0. The third-order valence-corrected chi connectivity index (χ3v) is 3.14. The molecule has 120 valence electrons. The van der Waals surface area contributed by atoms with Gasteiger partial charge in [0.05, 0.1) is 13.2 Å². The molecule has 1 aromatic carbocycles. The minimum Gasteiger partial charge on any atom is -0.507 e. The molecule has 2 unspecified atom stereocenters. The van der Waals surface area contributed by atoms with Gasteiger partial charge >= 0.3 is 0 Å². The van der Waals surface area contributed by atoms with Crippen LogP contribution in [0.5, 0.6) is 5.75 Å². The average molecular weight is 300 g/mol. The molecule has 0 aliphatic carbocycles. The van der Waals surface area contributed by atoms with E-state index in [9.17, 15) is 15.3 Å². The fourth-order valence-electron chi connectivity index (χ4n) is 1.89. The minimum absolute atomic E-state index is 0.0579. The highest BCUT2D eigenvalue weighted by molar-refractivity contribution is 5.44. The van der Waals surface area contributed by atoms with Crippen molar-refractivity contribution in [2.24, 2.45) is 0 Å². The summed E-state index contributed by atoms with van der Waals surface area (Å²) in [6.07, 6.45) is -1.33. The predicted octanol–water partition coefficient (Wildman–Crippen LogP) is -1.24. The van der Waals surface area contributed by atoms with Gasteiger partial charge in [-0.3, -0.25) is 10.6 Å². The van der Waals surface area contributed by atoms with Crippen molar-refractivity contribution in [1.29, 1.82) is 0 Å². The Kier molecular flexibility index (Phi) is 7.58. The van der Waals surface area contributed by atoms with E-state index >= 15 is 0 Å². The van der Waals surface area contributed by atoms with Crippen molar-refractivity contribution >= 4 is 0 Å². The monoisotopic (exact) mass is 300 g/mol. The zero-order valence-corrected chi connectivity index (χ0v) is 12.1. The van der Waals surface area contributed by atoms with E-state index in [4.69, 9.17) is 10.2 Å². The summed E-state index contributed by atoms with van der Waals surface area (Å²) >= 11 is 0. The molecule has 0 fully saturated rings. The molecule has 7 nitrogen and oxygen atoms in total. The zero-order chi connectivity index (χ0) is 15.8. The molecule has 0 aliphatic heterocycles. The highest BCUT2D eigenvalue weighted by Crippen LogP contribution is 2.25. The first kappa shape index (κ1) is 17.8. The molecule has 1 rings (SSSR count). The van der Waals surface area contributed by atoms with Crippen LogP contribution in [0.4, 0.5) is 0 Å². The normalized spacial score (nSPS) is 14.1. The SMILES string of the molecule is CCc1cc(CNC(O)CO)c(O)c(CNC(O)CO)c1. The van der Waals surface area contributed by atoms with Gasteiger partial charge in [0, 0.05) is 24.2 Å². The fraction of sp³-hybridized carbons (Fsp3) is 0.571. The number of nitrogens with one attached hydrogen (secondary N) is 2. The van der Waals surface area contributed by atoms with Crippen LogP contribution in [-0.4, -0.2) is 51.2 Å². The Bertz CT molecular complexity index is 406. The third kappa shape index (κ3) is 5.58. The number of phenolic OH excluding ortho intramolecular Hbond substituents is 1. The van der Waals surface area contributed by atoms with E-state index < -0.39 is 25.7 Å². The van der Waals surface area contributed by atoms with Crippen molar-refractivity contribution < 1.29 is 25.5 Å². The van der Waals surface area contributed by atoms with E-state index in [1.165, 1.54) is 0 Å². The Morgan fingerprint density at radius 2 is 1.38 bits per heavy atom. The summed E-state index contributed by atoms with van der Waals surface area (Å²) in [5.41, 5.74) is 2.19. The van der Waals surface area contributed by atoms with Crippen molar-refractivity contribution in [3.63, 3.8) is 0 Å². The van der Waals surface area contributed by atoms with Gasteiger partial charge in [-0.2, -0.15) is 0 Å². The van der Waals surface area contributed by atoms with Crippen LogP contribution in [0, 0.1) is 0 Å². The Morgan fingerprint density at radius 1 is 0.952 bits per heavy atom. The molecule has 0 aromatic heterocycles. The number of rotatable bonds is 9. The van der Waals surface area contributed by atoms with Crippen LogP contribution < -0.4 is 10.6 Å². The summed E-state index contributed by atoms with van der Waals surface area (Å²) in [7, 11) is 0. The molecule has 21 heavy (non-hydrogen) atoms. The number of aryl methyl sites for hydroxylation is 1. The number of hydrogen-bond acceptors (Lipinski definition) is 7. The molecule has 7 heteroatoms. The van der Waals surface area contributed by atoms with Gasteiger partial charge in [-0.15, -0.1) is 0 Å². The summed E-state index contributed by atoms with van der Waals surface area (Å²) in [4.78, 5) is 0. The lowest BCUT2D eigenvalue weighted by Crippen LogP contribution is -2.32. The van der Waals surface area contributed by atoms with Crippen LogP contribution in [0.1, 0.15) is 23.6 Å². The van der Waals surface area contributed by atoms with Gasteiger partial charge in [0.1, 0.15) is 18.2 Å². The number of benzene rings is 1. The third-order valence-electron chi connectivity index (χ3n) is 3.14. The second kappa shape index (κ2) is 8.93. The van der Waals surface area contributed by atoms with Gasteiger partial charge in [-0.25, -0.2) is 0 Å². The van der Waals surface area contributed by atoms with Crippen LogP contribution >= 0.6 is 0 Å². The molecule has 0 aliphatic rings. The van der Waals surface area contributed by atoms with Crippen LogP contribution in [-0.2, 0) is 19.5 Å². The van der Waals surface area contributed by atoms with Gasteiger partial charge in [0.25, 0.3) is 0 Å². The standard InChI is InChI=1S/C14H24N2O5/c1-2-9-3-10(5-15-12(19)7-17)14(21)11(4-9)6-16-13(20)8-18/h3-4,12-13,15-21H,2,5-8H2,1H3. The quantitative estimate of drug-likeness (QED) is 0.284. The summed E-state index contributed by atoms with van der Waals surface area (Å²) in [6.45, 7) is 1.57. The molecule has 0 heterocycles. The molecule has 0 amide bonds. The molecule has 0 saturated carbocycles. The van der Waals surface area contributed by atoms with E-state index in [0.717, 1.165) is 12.0 Å². The number of aliphatic hydroxyl groups is 4. The van der Waals surface area contributed by atoms with Gasteiger partial charge in [-0.05, 0) is 12.0 Å². The highest BCUT2D eigenvalue weighted by Gasteiger charge is 2.12. The van der Waals surface area contributed by atoms with Crippen LogP contribution in [0.2, 0.25) is 0 Å². The smallest absolute Gasteiger partial charge is 0.128 e. The highest BCUT2D eigenvalue weighted by atomic mass is 16.3.